The highest BCUT2D eigenvalue weighted by atomic mass is 35.5. The molecule has 1 atom stereocenters. The fraction of sp³-hybridized carbons (Fsp3) is 0.143. The van der Waals surface area contributed by atoms with Crippen molar-refractivity contribution < 1.29 is 18.3 Å². The zero-order chi connectivity index (χ0) is 21.3. The Balaban J connectivity index is 1.49. The Morgan fingerprint density at radius 3 is 2.60 bits per heavy atom. The highest BCUT2D eigenvalue weighted by molar-refractivity contribution is 7.19. The molecule has 0 fully saturated rings. The Morgan fingerprint density at radius 2 is 1.87 bits per heavy atom. The fourth-order valence-electron chi connectivity index (χ4n) is 2.98. The molecule has 1 unspecified atom stereocenters. The van der Waals surface area contributed by atoms with E-state index in [2.05, 4.69) is 15.3 Å². The smallest absolute Gasteiger partial charge is 0.386 e. The molecule has 4 nitrogen and oxygen atoms in total. The predicted molar refractivity (Wildman–Crippen MR) is 113 cm³/mol. The van der Waals surface area contributed by atoms with Crippen LogP contribution in [0.3, 0.4) is 0 Å². The molecule has 0 spiro atoms. The molecule has 0 aliphatic carbocycles. The first-order valence-electron chi connectivity index (χ1n) is 8.91. The van der Waals surface area contributed by atoms with Gasteiger partial charge < -0.3 is 10.4 Å². The molecular formula is C21H15ClF3N3OS. The Labute approximate surface area is 179 Å². The summed E-state index contributed by atoms with van der Waals surface area (Å²) < 4.78 is 39.8. The number of aliphatic hydroxyl groups is 1. The van der Waals surface area contributed by atoms with Gasteiger partial charge in [0.15, 0.2) is 0 Å². The molecule has 0 amide bonds. The van der Waals surface area contributed by atoms with Crippen molar-refractivity contribution in [3.63, 3.8) is 0 Å². The second kappa shape index (κ2) is 8.22. The number of anilines is 1. The normalized spacial score (nSPS) is 12.8. The molecule has 0 aliphatic rings. The number of rotatable bonds is 5. The van der Waals surface area contributed by atoms with E-state index in [0.29, 0.717) is 17.1 Å². The molecule has 0 bridgehead atoms. The van der Waals surface area contributed by atoms with Crippen LogP contribution in [0, 0.1) is 0 Å². The molecule has 0 saturated heterocycles. The number of fused-ring (bicyclic) bond motifs is 1. The van der Waals surface area contributed by atoms with Gasteiger partial charge in [-0.15, -0.1) is 11.3 Å². The first kappa shape index (κ1) is 20.6. The number of aromatic nitrogens is 2. The summed E-state index contributed by atoms with van der Waals surface area (Å²) in [6.07, 6.45) is -3.95. The average molecular weight is 450 g/mol. The van der Waals surface area contributed by atoms with Crippen LogP contribution in [0.4, 0.5) is 19.0 Å². The molecule has 2 aromatic heterocycles. The van der Waals surface area contributed by atoms with Crippen molar-refractivity contribution in [1.29, 1.82) is 0 Å². The van der Waals surface area contributed by atoms with Gasteiger partial charge in [0.2, 0.25) is 0 Å². The minimum Gasteiger partial charge on any atom is -0.386 e. The summed E-state index contributed by atoms with van der Waals surface area (Å²) in [7, 11) is 0. The van der Waals surface area contributed by atoms with Gasteiger partial charge in [-0.2, -0.15) is 13.2 Å². The van der Waals surface area contributed by atoms with Crippen molar-refractivity contribution in [2.45, 2.75) is 12.3 Å². The summed E-state index contributed by atoms with van der Waals surface area (Å²) in [4.78, 5) is 9.04. The number of aliphatic hydroxyl groups excluding tert-OH is 1. The third kappa shape index (κ3) is 4.40. The van der Waals surface area contributed by atoms with Gasteiger partial charge in [-0.1, -0.05) is 35.9 Å². The van der Waals surface area contributed by atoms with E-state index in [1.807, 2.05) is 30.3 Å². The van der Waals surface area contributed by atoms with E-state index < -0.39 is 22.9 Å². The molecule has 2 heterocycles. The van der Waals surface area contributed by atoms with E-state index in [-0.39, 0.29) is 6.54 Å². The Morgan fingerprint density at radius 1 is 1.07 bits per heavy atom. The summed E-state index contributed by atoms with van der Waals surface area (Å²) in [5.74, 6) is 0.441. The zero-order valence-electron chi connectivity index (χ0n) is 15.3. The molecule has 0 saturated carbocycles. The highest BCUT2D eigenvalue weighted by Gasteiger charge is 2.33. The number of alkyl halides is 3. The van der Waals surface area contributed by atoms with Gasteiger partial charge >= 0.3 is 6.18 Å². The zero-order valence-corrected chi connectivity index (χ0v) is 16.9. The van der Waals surface area contributed by atoms with Crippen LogP contribution in [0.1, 0.15) is 16.5 Å². The summed E-state index contributed by atoms with van der Waals surface area (Å²) in [5, 5.41) is 14.2. The van der Waals surface area contributed by atoms with Crippen LogP contribution in [0.5, 0.6) is 0 Å². The van der Waals surface area contributed by atoms with Crippen LogP contribution < -0.4 is 5.32 Å². The first-order valence-corrected chi connectivity index (χ1v) is 10.1. The van der Waals surface area contributed by atoms with Gasteiger partial charge in [0, 0.05) is 27.8 Å². The highest BCUT2D eigenvalue weighted by Crippen LogP contribution is 2.36. The van der Waals surface area contributed by atoms with Crippen LogP contribution in [0.15, 0.2) is 60.9 Å². The lowest BCUT2D eigenvalue weighted by atomic mass is 10.1. The molecular weight excluding hydrogens is 435 g/mol. The first-order chi connectivity index (χ1) is 14.3. The third-order valence-corrected chi connectivity index (χ3v) is 6.02. The minimum absolute atomic E-state index is 0.219. The molecule has 30 heavy (non-hydrogen) atoms. The molecule has 9 heteroatoms. The van der Waals surface area contributed by atoms with Gasteiger partial charge in [-0.05, 0) is 29.7 Å². The van der Waals surface area contributed by atoms with Crippen molar-refractivity contribution in [1.82, 2.24) is 9.97 Å². The maximum Gasteiger partial charge on any atom is 0.417 e. The van der Waals surface area contributed by atoms with E-state index in [9.17, 15) is 18.3 Å². The molecule has 0 aliphatic heterocycles. The summed E-state index contributed by atoms with van der Waals surface area (Å²) in [5.41, 5.74) is -0.0465. The third-order valence-electron chi connectivity index (χ3n) is 4.49. The molecule has 154 valence electrons. The molecule has 4 aromatic rings. The van der Waals surface area contributed by atoms with Gasteiger partial charge in [0.25, 0.3) is 0 Å². The summed E-state index contributed by atoms with van der Waals surface area (Å²) >= 11 is 7.31. The lowest BCUT2D eigenvalue weighted by Gasteiger charge is -2.12. The van der Waals surface area contributed by atoms with Gasteiger partial charge in [-0.3, -0.25) is 0 Å². The van der Waals surface area contributed by atoms with E-state index in [0.717, 1.165) is 21.0 Å². The SMILES string of the molecule is OC(CNc1cc(-c2ccc(C(F)(F)F)c(Cl)c2)ncn1)c1cc2ccccc2s1. The van der Waals surface area contributed by atoms with Gasteiger partial charge in [0.1, 0.15) is 18.2 Å². The average Bonchev–Trinajstić information content (AvgIpc) is 3.15. The van der Waals surface area contributed by atoms with Crippen LogP contribution in [0.25, 0.3) is 21.3 Å². The van der Waals surface area contributed by atoms with Gasteiger partial charge in [0.05, 0.1) is 16.3 Å². The van der Waals surface area contributed by atoms with E-state index in [1.165, 1.54) is 29.8 Å². The van der Waals surface area contributed by atoms with Crippen molar-refractivity contribution >= 4 is 38.8 Å². The van der Waals surface area contributed by atoms with E-state index in [1.54, 1.807) is 6.07 Å². The van der Waals surface area contributed by atoms with Crippen LogP contribution in [-0.2, 0) is 6.18 Å². The Bertz CT molecular complexity index is 1160. The number of hydrogen-bond acceptors (Lipinski definition) is 5. The monoisotopic (exact) mass is 449 g/mol. The predicted octanol–water partition coefficient (Wildman–Crippen LogP) is 6.18. The second-order valence-corrected chi connectivity index (χ2v) is 8.09. The van der Waals surface area contributed by atoms with Crippen molar-refractivity contribution in [3.8, 4) is 11.3 Å². The minimum atomic E-state index is -4.52. The van der Waals surface area contributed by atoms with Crippen molar-refractivity contribution in [3.05, 3.63) is 76.4 Å². The number of halogens is 4. The quantitative estimate of drug-likeness (QED) is 0.382. The second-order valence-electron chi connectivity index (χ2n) is 6.56. The number of nitrogens with one attached hydrogen (secondary N) is 1. The van der Waals surface area contributed by atoms with Crippen LogP contribution in [-0.4, -0.2) is 21.6 Å². The molecule has 2 aromatic carbocycles. The number of hydrogen-bond donors (Lipinski definition) is 2. The van der Waals surface area contributed by atoms with E-state index in [4.69, 9.17) is 11.6 Å². The molecule has 4 rings (SSSR count). The van der Waals surface area contributed by atoms with Crippen LogP contribution >= 0.6 is 22.9 Å². The maximum absolute atomic E-state index is 12.9. The maximum atomic E-state index is 12.9. The molecule has 0 radical (unpaired) electrons. The Kier molecular flexibility index (Phi) is 5.64. The standard InChI is InChI=1S/C21H15ClF3N3OS/c22-15-7-12(5-6-14(15)21(23,24)25)16-9-20(28-11-27-16)26-10-17(29)19-8-13-3-1-2-4-18(13)30-19/h1-9,11,17,29H,10H2,(H,26,27,28). The lowest BCUT2D eigenvalue weighted by Crippen LogP contribution is -2.12. The van der Waals surface area contributed by atoms with E-state index >= 15 is 0 Å². The fourth-order valence-corrected chi connectivity index (χ4v) is 4.32. The van der Waals surface area contributed by atoms with Crippen molar-refractivity contribution in [2.75, 3.05) is 11.9 Å². The molecule has 2 N–H and O–H groups in total. The van der Waals surface area contributed by atoms with Crippen molar-refractivity contribution in [2.24, 2.45) is 0 Å². The number of benzene rings is 2. The Hall–Kier alpha value is -2.68. The summed E-state index contributed by atoms with van der Waals surface area (Å²) in [6.45, 7) is 0.219. The van der Waals surface area contributed by atoms with Gasteiger partial charge in [-0.25, -0.2) is 9.97 Å². The topological polar surface area (TPSA) is 58.0 Å². The number of nitrogens with zero attached hydrogens (tertiary/aromatic N) is 2. The largest absolute Gasteiger partial charge is 0.417 e. The lowest BCUT2D eigenvalue weighted by molar-refractivity contribution is -0.137. The summed E-state index contributed by atoms with van der Waals surface area (Å²) in [6, 6.07) is 14.9. The van der Waals surface area contributed by atoms with Crippen LogP contribution in [0.2, 0.25) is 5.02 Å². The number of thiophene rings is 1.